The Bertz CT molecular complexity index is 418. The SMILES string of the molecule is O=C(O)[C@H]1NCC2(CCCC2)n2cccc21. The molecule has 1 atom stereocenters. The van der Waals surface area contributed by atoms with Gasteiger partial charge in [-0.25, -0.2) is 0 Å². The lowest BCUT2D eigenvalue weighted by Gasteiger charge is -2.39. The van der Waals surface area contributed by atoms with Gasteiger partial charge in [-0.3, -0.25) is 10.1 Å². The Hall–Kier alpha value is -1.29. The third kappa shape index (κ3) is 1.23. The maximum atomic E-state index is 11.1. The largest absolute Gasteiger partial charge is 0.480 e. The van der Waals surface area contributed by atoms with Crippen LogP contribution in [0.5, 0.6) is 0 Å². The summed E-state index contributed by atoms with van der Waals surface area (Å²) in [6, 6.07) is 3.34. The first-order valence-electron chi connectivity index (χ1n) is 5.87. The van der Waals surface area contributed by atoms with Crippen molar-refractivity contribution in [3.8, 4) is 0 Å². The molecule has 2 heterocycles. The highest BCUT2D eigenvalue weighted by molar-refractivity contribution is 5.75. The lowest BCUT2D eigenvalue weighted by Crippen LogP contribution is -2.50. The van der Waals surface area contributed by atoms with Gasteiger partial charge >= 0.3 is 5.97 Å². The van der Waals surface area contributed by atoms with Crippen LogP contribution in [0.1, 0.15) is 37.4 Å². The van der Waals surface area contributed by atoms with Crippen molar-refractivity contribution in [2.75, 3.05) is 6.54 Å². The predicted molar refractivity (Wildman–Crippen MR) is 59.3 cm³/mol. The van der Waals surface area contributed by atoms with Gasteiger partial charge in [0.2, 0.25) is 0 Å². The summed E-state index contributed by atoms with van der Waals surface area (Å²) in [5.41, 5.74) is 1.05. The van der Waals surface area contributed by atoms with Gasteiger partial charge in [-0.05, 0) is 25.0 Å². The van der Waals surface area contributed by atoms with Crippen LogP contribution in [0.25, 0.3) is 0 Å². The van der Waals surface area contributed by atoms with Crippen LogP contribution in [-0.4, -0.2) is 22.2 Å². The van der Waals surface area contributed by atoms with Crippen molar-refractivity contribution < 1.29 is 9.90 Å². The number of hydrogen-bond acceptors (Lipinski definition) is 2. The van der Waals surface area contributed by atoms with Crippen molar-refractivity contribution in [1.29, 1.82) is 0 Å². The first-order valence-corrected chi connectivity index (χ1v) is 5.87. The van der Waals surface area contributed by atoms with E-state index < -0.39 is 12.0 Å². The lowest BCUT2D eigenvalue weighted by molar-refractivity contribution is -0.140. The van der Waals surface area contributed by atoms with Gasteiger partial charge in [-0.15, -0.1) is 0 Å². The minimum atomic E-state index is -0.784. The molecule has 16 heavy (non-hydrogen) atoms. The molecule has 4 nitrogen and oxygen atoms in total. The van der Waals surface area contributed by atoms with Gasteiger partial charge in [0.15, 0.2) is 0 Å². The molecule has 1 aliphatic heterocycles. The molecule has 2 aliphatic rings. The number of nitrogens with one attached hydrogen (secondary N) is 1. The van der Waals surface area contributed by atoms with Crippen LogP contribution in [0.15, 0.2) is 18.3 Å². The minimum Gasteiger partial charge on any atom is -0.480 e. The molecule has 2 N–H and O–H groups in total. The van der Waals surface area contributed by atoms with Crippen LogP contribution in [0, 0.1) is 0 Å². The second-order valence-corrected chi connectivity index (χ2v) is 4.89. The number of carbonyl (C=O) groups is 1. The average Bonchev–Trinajstić information content (AvgIpc) is 2.87. The first-order chi connectivity index (χ1) is 7.73. The maximum Gasteiger partial charge on any atom is 0.326 e. The molecule has 1 aliphatic carbocycles. The zero-order valence-corrected chi connectivity index (χ0v) is 9.15. The fourth-order valence-electron chi connectivity index (χ4n) is 3.21. The van der Waals surface area contributed by atoms with E-state index in [0.29, 0.717) is 0 Å². The molecular formula is C12H16N2O2. The number of fused-ring (bicyclic) bond motifs is 2. The summed E-state index contributed by atoms with van der Waals surface area (Å²) in [5.74, 6) is -0.784. The number of rotatable bonds is 1. The first kappa shape index (κ1) is 9.90. The summed E-state index contributed by atoms with van der Waals surface area (Å²) < 4.78 is 2.20. The minimum absolute atomic E-state index is 0.144. The maximum absolute atomic E-state index is 11.1. The normalized spacial score (nSPS) is 26.9. The van der Waals surface area contributed by atoms with Crippen LogP contribution in [-0.2, 0) is 10.3 Å². The fourth-order valence-corrected chi connectivity index (χ4v) is 3.21. The van der Waals surface area contributed by atoms with Crippen LogP contribution in [0.2, 0.25) is 0 Å². The van der Waals surface area contributed by atoms with Crippen LogP contribution >= 0.6 is 0 Å². The van der Waals surface area contributed by atoms with Crippen molar-refractivity contribution in [3.05, 3.63) is 24.0 Å². The summed E-state index contributed by atoms with van der Waals surface area (Å²) in [5, 5.41) is 12.3. The quantitative estimate of drug-likeness (QED) is 0.754. The molecule has 1 fully saturated rings. The Morgan fingerprint density at radius 2 is 2.25 bits per heavy atom. The molecular weight excluding hydrogens is 204 g/mol. The van der Waals surface area contributed by atoms with Gasteiger partial charge in [0.05, 0.1) is 5.54 Å². The second kappa shape index (κ2) is 3.35. The molecule has 3 rings (SSSR count). The molecule has 0 bridgehead atoms. The van der Waals surface area contributed by atoms with Crippen molar-refractivity contribution >= 4 is 5.97 Å². The Kier molecular flexibility index (Phi) is 2.07. The zero-order valence-electron chi connectivity index (χ0n) is 9.15. The van der Waals surface area contributed by atoms with Crippen molar-refractivity contribution in [1.82, 2.24) is 9.88 Å². The van der Waals surface area contributed by atoms with E-state index in [-0.39, 0.29) is 5.54 Å². The second-order valence-electron chi connectivity index (χ2n) is 4.89. The molecule has 0 unspecified atom stereocenters. The monoisotopic (exact) mass is 220 g/mol. The fraction of sp³-hybridized carbons (Fsp3) is 0.583. The molecule has 0 saturated heterocycles. The van der Waals surface area contributed by atoms with Crippen molar-refractivity contribution in [3.63, 3.8) is 0 Å². The number of hydrogen-bond donors (Lipinski definition) is 2. The molecule has 0 aromatic carbocycles. The highest BCUT2D eigenvalue weighted by Gasteiger charge is 2.42. The van der Waals surface area contributed by atoms with Crippen LogP contribution in [0.3, 0.4) is 0 Å². The highest BCUT2D eigenvalue weighted by atomic mass is 16.4. The van der Waals surface area contributed by atoms with E-state index in [1.165, 1.54) is 12.8 Å². The molecule has 86 valence electrons. The van der Waals surface area contributed by atoms with E-state index in [1.54, 1.807) is 0 Å². The van der Waals surface area contributed by atoms with E-state index in [4.69, 9.17) is 5.11 Å². The molecule has 1 spiro atoms. The van der Waals surface area contributed by atoms with E-state index >= 15 is 0 Å². The number of nitrogens with zero attached hydrogens (tertiary/aromatic N) is 1. The van der Waals surface area contributed by atoms with Crippen molar-refractivity contribution in [2.24, 2.45) is 0 Å². The third-order valence-corrected chi connectivity index (χ3v) is 4.00. The Morgan fingerprint density at radius 3 is 2.94 bits per heavy atom. The van der Waals surface area contributed by atoms with Crippen molar-refractivity contribution in [2.45, 2.75) is 37.3 Å². The Labute approximate surface area is 94.3 Å². The average molecular weight is 220 g/mol. The summed E-state index contributed by atoms with van der Waals surface area (Å²) in [6.07, 6.45) is 6.85. The van der Waals surface area contributed by atoms with Gasteiger partial charge < -0.3 is 9.67 Å². The van der Waals surface area contributed by atoms with E-state index in [2.05, 4.69) is 9.88 Å². The van der Waals surface area contributed by atoms with Crippen LogP contribution in [0.4, 0.5) is 0 Å². The number of aliphatic carboxylic acids is 1. The Balaban J connectivity index is 2.05. The molecule has 0 radical (unpaired) electrons. The van der Waals surface area contributed by atoms with E-state index in [0.717, 1.165) is 25.1 Å². The zero-order chi connectivity index (χ0) is 11.2. The highest BCUT2D eigenvalue weighted by Crippen LogP contribution is 2.41. The van der Waals surface area contributed by atoms with Gasteiger partial charge in [0.25, 0.3) is 0 Å². The molecule has 4 heteroatoms. The molecule has 0 amide bonds. The summed E-state index contributed by atoms with van der Waals surface area (Å²) in [6.45, 7) is 0.783. The van der Waals surface area contributed by atoms with Gasteiger partial charge in [0, 0.05) is 18.4 Å². The number of carboxylic acid groups (broad SMARTS) is 1. The van der Waals surface area contributed by atoms with E-state index in [9.17, 15) is 4.79 Å². The van der Waals surface area contributed by atoms with Gasteiger partial charge in [0.1, 0.15) is 6.04 Å². The molecule has 1 aromatic heterocycles. The Morgan fingerprint density at radius 1 is 1.50 bits per heavy atom. The smallest absolute Gasteiger partial charge is 0.326 e. The lowest BCUT2D eigenvalue weighted by atomic mass is 9.93. The topological polar surface area (TPSA) is 54.3 Å². The van der Waals surface area contributed by atoms with Gasteiger partial charge in [-0.1, -0.05) is 12.8 Å². The van der Waals surface area contributed by atoms with E-state index in [1.807, 2.05) is 18.3 Å². The van der Waals surface area contributed by atoms with Gasteiger partial charge in [-0.2, -0.15) is 0 Å². The molecule has 1 saturated carbocycles. The molecule has 1 aromatic rings. The summed E-state index contributed by atoms with van der Waals surface area (Å²) in [7, 11) is 0. The number of carboxylic acids is 1. The number of aromatic nitrogens is 1. The van der Waals surface area contributed by atoms with Crippen LogP contribution < -0.4 is 5.32 Å². The predicted octanol–water partition coefficient (Wildman–Crippen LogP) is 1.49. The third-order valence-electron chi connectivity index (χ3n) is 4.00. The standard InChI is InChI=1S/C12H16N2O2/c15-11(16)10-9-4-3-7-14(9)12(8-13-10)5-1-2-6-12/h3-4,7,10,13H,1-2,5-6,8H2,(H,15,16)/t10-/m0/s1. The summed E-state index contributed by atoms with van der Waals surface area (Å²) >= 11 is 0. The summed E-state index contributed by atoms with van der Waals surface area (Å²) in [4.78, 5) is 11.1.